The SMILES string of the molecule is C=C(C)C(=O)OCC(COc1ccc2cc(-c3ccc(CCCCC)cc3CC)sc2c1)C(F)(F)F. The number of rotatable bonds is 12. The topological polar surface area (TPSA) is 35.5 Å². The molecule has 1 heterocycles. The third kappa shape index (κ3) is 7.36. The number of hydrogen-bond donors (Lipinski definition) is 0. The summed E-state index contributed by atoms with van der Waals surface area (Å²) >= 11 is 1.60. The number of benzene rings is 2. The Bertz CT molecular complexity index is 1200. The molecular weight excluding hydrogens is 485 g/mol. The standard InChI is InChI=1S/C29H33F3O3S/c1-5-7-8-9-20-10-13-25(21(6-2)14-20)27-15-22-11-12-24(16-26(22)36-27)34-17-23(29(30,31)32)18-35-28(33)19(3)4/h10-16,23H,3,5-9,17-18H2,1-2,4H3. The van der Waals surface area contributed by atoms with Crippen molar-refractivity contribution in [2.45, 2.75) is 59.1 Å². The number of hydrogen-bond acceptors (Lipinski definition) is 4. The fourth-order valence-electron chi connectivity index (χ4n) is 3.88. The minimum atomic E-state index is -4.56. The zero-order valence-corrected chi connectivity index (χ0v) is 21.9. The van der Waals surface area contributed by atoms with Crippen molar-refractivity contribution in [3.8, 4) is 16.2 Å². The van der Waals surface area contributed by atoms with Crippen LogP contribution >= 0.6 is 11.3 Å². The van der Waals surface area contributed by atoms with E-state index in [0.29, 0.717) is 5.75 Å². The molecular formula is C29H33F3O3S. The van der Waals surface area contributed by atoms with E-state index in [9.17, 15) is 18.0 Å². The number of carbonyl (C=O) groups excluding carboxylic acids is 1. The lowest BCUT2D eigenvalue weighted by Crippen LogP contribution is -2.33. The van der Waals surface area contributed by atoms with Crippen LogP contribution in [0.25, 0.3) is 20.5 Å². The van der Waals surface area contributed by atoms with E-state index in [1.54, 1.807) is 23.5 Å². The number of thiophene rings is 1. The minimum Gasteiger partial charge on any atom is -0.493 e. The van der Waals surface area contributed by atoms with Crippen molar-refractivity contribution in [3.05, 3.63) is 65.7 Å². The van der Waals surface area contributed by atoms with E-state index in [4.69, 9.17) is 9.47 Å². The molecule has 194 valence electrons. The Balaban J connectivity index is 1.74. The van der Waals surface area contributed by atoms with Gasteiger partial charge >= 0.3 is 12.1 Å². The maximum Gasteiger partial charge on any atom is 0.398 e. The predicted molar refractivity (Wildman–Crippen MR) is 141 cm³/mol. The molecule has 0 aliphatic heterocycles. The van der Waals surface area contributed by atoms with Gasteiger partial charge < -0.3 is 9.47 Å². The fourth-order valence-corrected chi connectivity index (χ4v) is 5.03. The number of ether oxygens (including phenoxy) is 2. The second kappa shape index (κ2) is 12.4. The summed E-state index contributed by atoms with van der Waals surface area (Å²) in [5, 5.41) is 1.01. The summed E-state index contributed by atoms with van der Waals surface area (Å²) in [5.41, 5.74) is 3.89. The van der Waals surface area contributed by atoms with E-state index in [1.807, 2.05) is 6.07 Å². The highest BCUT2D eigenvalue weighted by Crippen LogP contribution is 2.38. The van der Waals surface area contributed by atoms with Gasteiger partial charge in [0.25, 0.3) is 0 Å². The van der Waals surface area contributed by atoms with E-state index < -0.39 is 31.3 Å². The number of alkyl halides is 3. The number of aryl methyl sites for hydroxylation is 2. The van der Waals surface area contributed by atoms with Crippen molar-refractivity contribution in [2.24, 2.45) is 5.92 Å². The summed E-state index contributed by atoms with van der Waals surface area (Å²) in [7, 11) is 0. The molecule has 0 radical (unpaired) electrons. The molecule has 0 spiro atoms. The molecule has 3 nitrogen and oxygen atoms in total. The molecule has 0 bridgehead atoms. The second-order valence-corrected chi connectivity index (χ2v) is 10.1. The van der Waals surface area contributed by atoms with Crippen molar-refractivity contribution in [1.29, 1.82) is 0 Å². The molecule has 2 aromatic carbocycles. The van der Waals surface area contributed by atoms with E-state index in [-0.39, 0.29) is 5.57 Å². The van der Waals surface area contributed by atoms with Gasteiger partial charge in [-0.05, 0) is 72.5 Å². The average Bonchev–Trinajstić information content (AvgIpc) is 3.26. The average molecular weight is 519 g/mol. The van der Waals surface area contributed by atoms with Crippen molar-refractivity contribution in [2.75, 3.05) is 13.2 Å². The van der Waals surface area contributed by atoms with Crippen LogP contribution in [0.5, 0.6) is 5.75 Å². The molecule has 3 rings (SSSR count). The number of esters is 1. The van der Waals surface area contributed by atoms with Gasteiger partial charge in [-0.3, -0.25) is 0 Å². The Kier molecular flexibility index (Phi) is 9.60. The molecule has 0 aliphatic carbocycles. The summed E-state index contributed by atoms with van der Waals surface area (Å²) in [6.07, 6.45) is 1.07. The van der Waals surface area contributed by atoms with Crippen LogP contribution < -0.4 is 4.74 Å². The van der Waals surface area contributed by atoms with Gasteiger partial charge in [-0.2, -0.15) is 13.2 Å². The van der Waals surface area contributed by atoms with Crippen LogP contribution in [0.1, 0.15) is 51.2 Å². The zero-order valence-electron chi connectivity index (χ0n) is 21.0. The lowest BCUT2D eigenvalue weighted by Gasteiger charge is -2.20. The highest BCUT2D eigenvalue weighted by atomic mass is 32.1. The van der Waals surface area contributed by atoms with Gasteiger partial charge in [0, 0.05) is 15.2 Å². The van der Waals surface area contributed by atoms with Crippen molar-refractivity contribution < 1.29 is 27.4 Å². The van der Waals surface area contributed by atoms with Gasteiger partial charge in [-0.15, -0.1) is 11.3 Å². The van der Waals surface area contributed by atoms with Crippen LogP contribution in [0, 0.1) is 5.92 Å². The number of unbranched alkanes of at least 4 members (excludes halogenated alkanes) is 2. The molecule has 0 aliphatic rings. The van der Waals surface area contributed by atoms with Crippen molar-refractivity contribution >= 4 is 27.4 Å². The summed E-state index contributed by atoms with van der Waals surface area (Å²) < 4.78 is 51.4. The monoisotopic (exact) mass is 518 g/mol. The largest absolute Gasteiger partial charge is 0.493 e. The van der Waals surface area contributed by atoms with Gasteiger partial charge in [-0.25, -0.2) is 4.79 Å². The van der Waals surface area contributed by atoms with Crippen LogP contribution in [0.4, 0.5) is 13.2 Å². The highest BCUT2D eigenvalue weighted by molar-refractivity contribution is 7.22. The Morgan fingerprint density at radius 2 is 1.83 bits per heavy atom. The van der Waals surface area contributed by atoms with Gasteiger partial charge in [0.05, 0.1) is 0 Å². The fraction of sp³-hybridized carbons (Fsp3) is 0.414. The predicted octanol–water partition coefficient (Wildman–Crippen LogP) is 8.54. The van der Waals surface area contributed by atoms with E-state index >= 15 is 0 Å². The lowest BCUT2D eigenvalue weighted by atomic mass is 9.98. The first-order valence-electron chi connectivity index (χ1n) is 12.3. The van der Waals surface area contributed by atoms with E-state index in [1.165, 1.54) is 42.9 Å². The lowest BCUT2D eigenvalue weighted by molar-refractivity contribution is -0.196. The Morgan fingerprint density at radius 3 is 2.50 bits per heavy atom. The van der Waals surface area contributed by atoms with Gasteiger partial charge in [0.15, 0.2) is 0 Å². The Labute approximate surface area is 214 Å². The van der Waals surface area contributed by atoms with Crippen LogP contribution in [0.15, 0.2) is 54.6 Å². The maximum absolute atomic E-state index is 13.4. The number of fused-ring (bicyclic) bond motifs is 1. The first-order chi connectivity index (χ1) is 17.1. The molecule has 0 saturated carbocycles. The quantitative estimate of drug-likeness (QED) is 0.137. The third-order valence-corrected chi connectivity index (χ3v) is 7.19. The second-order valence-electron chi connectivity index (χ2n) is 9.04. The molecule has 0 fully saturated rings. The number of halogens is 3. The third-order valence-electron chi connectivity index (χ3n) is 6.05. The minimum absolute atomic E-state index is 0.0492. The van der Waals surface area contributed by atoms with Gasteiger partial charge in [0.1, 0.15) is 24.9 Å². The summed E-state index contributed by atoms with van der Waals surface area (Å²) in [5.74, 6) is -2.44. The Hall–Kier alpha value is -2.80. The van der Waals surface area contributed by atoms with Crippen LogP contribution in [0.2, 0.25) is 0 Å². The zero-order chi connectivity index (χ0) is 26.3. The first-order valence-corrected chi connectivity index (χ1v) is 13.1. The summed E-state index contributed by atoms with van der Waals surface area (Å²) in [6, 6.07) is 14.1. The number of carbonyl (C=O) groups is 1. The molecule has 0 amide bonds. The Morgan fingerprint density at radius 1 is 1.06 bits per heavy atom. The van der Waals surface area contributed by atoms with Crippen LogP contribution in [0.3, 0.4) is 0 Å². The molecule has 36 heavy (non-hydrogen) atoms. The normalized spacial score (nSPS) is 12.5. The highest BCUT2D eigenvalue weighted by Gasteiger charge is 2.41. The molecule has 0 saturated heterocycles. The molecule has 1 unspecified atom stereocenters. The summed E-state index contributed by atoms with van der Waals surface area (Å²) in [4.78, 5) is 12.6. The van der Waals surface area contributed by atoms with Crippen LogP contribution in [-0.4, -0.2) is 25.4 Å². The van der Waals surface area contributed by atoms with Gasteiger partial charge in [-0.1, -0.05) is 51.5 Å². The van der Waals surface area contributed by atoms with Crippen LogP contribution in [-0.2, 0) is 22.4 Å². The van der Waals surface area contributed by atoms with Gasteiger partial charge in [0.2, 0.25) is 0 Å². The maximum atomic E-state index is 13.4. The smallest absolute Gasteiger partial charge is 0.398 e. The van der Waals surface area contributed by atoms with Crippen molar-refractivity contribution in [3.63, 3.8) is 0 Å². The van der Waals surface area contributed by atoms with E-state index in [0.717, 1.165) is 27.8 Å². The molecule has 0 N–H and O–H groups in total. The molecule has 1 aromatic heterocycles. The first kappa shape index (κ1) is 27.8. The summed E-state index contributed by atoms with van der Waals surface area (Å²) in [6.45, 7) is 7.67. The molecule has 3 aromatic rings. The van der Waals surface area contributed by atoms with E-state index in [2.05, 4.69) is 44.7 Å². The molecule has 7 heteroatoms. The van der Waals surface area contributed by atoms with Crippen molar-refractivity contribution in [1.82, 2.24) is 0 Å². The molecule has 1 atom stereocenters.